The second-order valence-corrected chi connectivity index (χ2v) is 14.5. The summed E-state index contributed by atoms with van der Waals surface area (Å²) in [4.78, 5) is 0. The van der Waals surface area contributed by atoms with Crippen LogP contribution < -0.4 is 4.74 Å². The number of hydrogen-bond acceptors (Lipinski definition) is 5. The molecule has 1 N–H and O–H groups in total. The number of methoxy groups -OCH3 is 1. The highest BCUT2D eigenvalue weighted by molar-refractivity contribution is 6.77. The van der Waals surface area contributed by atoms with Crippen LogP contribution in [0.15, 0.2) is 36.9 Å². The maximum Gasteiger partial charge on any atom is 0.200 e. The number of aliphatic hydroxyl groups is 1. The molecule has 0 radical (unpaired) electrons. The van der Waals surface area contributed by atoms with E-state index >= 15 is 0 Å². The molecule has 0 amide bonds. The molecule has 178 valence electrons. The third-order valence-corrected chi connectivity index (χ3v) is 12.3. The van der Waals surface area contributed by atoms with Crippen molar-refractivity contribution in [3.8, 4) is 5.75 Å². The first-order valence-electron chi connectivity index (χ1n) is 11.4. The quantitative estimate of drug-likeness (QED) is 0.146. The molecule has 0 aliphatic rings. The highest BCUT2D eigenvalue weighted by Gasteiger charge is 2.47. The minimum atomic E-state index is -2.07. The van der Waals surface area contributed by atoms with Crippen molar-refractivity contribution in [3.05, 3.63) is 42.5 Å². The molecule has 0 heterocycles. The summed E-state index contributed by atoms with van der Waals surface area (Å²) in [5.74, 6) is 0.702. The van der Waals surface area contributed by atoms with E-state index in [4.69, 9.17) is 18.6 Å². The fraction of sp³-hybridized carbons (Fsp3) is 0.680. The first-order chi connectivity index (χ1) is 14.7. The van der Waals surface area contributed by atoms with Gasteiger partial charge in [0.2, 0.25) is 8.32 Å². The summed E-state index contributed by atoms with van der Waals surface area (Å²) in [6.45, 7) is 18.6. The Hall–Kier alpha value is -1.18. The molecule has 6 heteroatoms. The fourth-order valence-corrected chi connectivity index (χ4v) is 10.2. The van der Waals surface area contributed by atoms with Gasteiger partial charge in [0.15, 0.2) is 0 Å². The summed E-state index contributed by atoms with van der Waals surface area (Å²) in [5, 5.41) is 10.1. The fourth-order valence-electron chi connectivity index (χ4n) is 4.59. The maximum atomic E-state index is 10.1. The molecule has 1 aromatic rings. The van der Waals surface area contributed by atoms with Gasteiger partial charge in [0, 0.05) is 5.92 Å². The molecule has 0 unspecified atom stereocenters. The van der Waals surface area contributed by atoms with Crippen molar-refractivity contribution < 1.29 is 23.7 Å². The number of ether oxygens (including phenoxy) is 3. The van der Waals surface area contributed by atoms with Gasteiger partial charge in [-0.05, 0) is 40.7 Å². The van der Waals surface area contributed by atoms with Gasteiger partial charge >= 0.3 is 0 Å². The molecule has 5 nitrogen and oxygen atoms in total. The Labute approximate surface area is 190 Å². The minimum absolute atomic E-state index is 0.00967. The van der Waals surface area contributed by atoms with Gasteiger partial charge in [-0.3, -0.25) is 0 Å². The monoisotopic (exact) mass is 452 g/mol. The molecule has 1 aromatic carbocycles. The number of hydrogen-bond donors (Lipinski definition) is 1. The number of aliphatic hydroxyl groups excluding tert-OH is 1. The van der Waals surface area contributed by atoms with Gasteiger partial charge in [-0.2, -0.15) is 0 Å². The summed E-state index contributed by atoms with van der Waals surface area (Å²) >= 11 is 0. The van der Waals surface area contributed by atoms with Crippen molar-refractivity contribution in [1.82, 2.24) is 0 Å². The number of rotatable bonds is 16. The van der Waals surface area contributed by atoms with E-state index in [0.717, 1.165) is 11.3 Å². The van der Waals surface area contributed by atoms with Crippen molar-refractivity contribution in [2.24, 2.45) is 5.92 Å². The Morgan fingerprint density at radius 2 is 1.55 bits per heavy atom. The van der Waals surface area contributed by atoms with Crippen LogP contribution in [0.25, 0.3) is 0 Å². The topological polar surface area (TPSA) is 57.2 Å². The second kappa shape index (κ2) is 14.1. The summed E-state index contributed by atoms with van der Waals surface area (Å²) in [6.07, 6.45) is 2.47. The predicted octanol–water partition coefficient (Wildman–Crippen LogP) is 5.93. The lowest BCUT2D eigenvalue weighted by atomic mass is 10.0. The Kier molecular flexibility index (Phi) is 12.6. The van der Waals surface area contributed by atoms with Gasteiger partial charge in [0.05, 0.1) is 33.0 Å². The van der Waals surface area contributed by atoms with E-state index in [2.05, 4.69) is 48.1 Å². The Morgan fingerprint density at radius 1 is 0.968 bits per heavy atom. The van der Waals surface area contributed by atoms with Crippen molar-refractivity contribution in [2.75, 3.05) is 27.1 Å². The molecule has 0 aliphatic carbocycles. The van der Waals surface area contributed by atoms with Crippen LogP contribution in [0.4, 0.5) is 0 Å². The Bertz CT molecular complexity index is 593. The summed E-state index contributed by atoms with van der Waals surface area (Å²) in [5.41, 5.74) is 2.49. The standard InChI is InChI=1S/C25H44O5Si/c1-9-10-25(30-31(19(2)3,20(4)5)21(6)7)23(15-26)17-29-18-28-16-22-11-13-24(27-8)14-12-22/h9,11-14,19-21,23,25-26H,1,10,15-18H2,2-8H3/t23-,25-/m1/s1. The highest BCUT2D eigenvalue weighted by Crippen LogP contribution is 2.44. The van der Waals surface area contributed by atoms with Crippen LogP contribution in [0, 0.1) is 5.92 Å². The van der Waals surface area contributed by atoms with Crippen molar-refractivity contribution in [1.29, 1.82) is 0 Å². The zero-order chi connectivity index (χ0) is 23.4. The molecule has 2 atom stereocenters. The van der Waals surface area contributed by atoms with E-state index in [1.54, 1.807) is 7.11 Å². The third-order valence-electron chi connectivity index (χ3n) is 6.15. The lowest BCUT2D eigenvalue weighted by Gasteiger charge is -2.46. The van der Waals surface area contributed by atoms with Gasteiger partial charge in [0.25, 0.3) is 0 Å². The number of benzene rings is 1. The third kappa shape index (κ3) is 8.03. The van der Waals surface area contributed by atoms with Crippen molar-refractivity contribution in [2.45, 2.75) is 77.3 Å². The zero-order valence-electron chi connectivity index (χ0n) is 20.6. The van der Waals surface area contributed by atoms with E-state index in [1.807, 2.05) is 30.3 Å². The van der Waals surface area contributed by atoms with Crippen LogP contribution in [-0.2, 0) is 20.5 Å². The van der Waals surface area contributed by atoms with Gasteiger partial charge in [-0.15, -0.1) is 6.58 Å². The normalized spacial score (nSPS) is 14.3. The van der Waals surface area contributed by atoms with E-state index in [0.29, 0.717) is 36.3 Å². The van der Waals surface area contributed by atoms with Gasteiger partial charge in [0.1, 0.15) is 12.5 Å². The van der Waals surface area contributed by atoms with Crippen LogP contribution in [0.5, 0.6) is 5.75 Å². The van der Waals surface area contributed by atoms with E-state index in [-0.39, 0.29) is 25.4 Å². The predicted molar refractivity (Wildman–Crippen MR) is 130 cm³/mol. The van der Waals surface area contributed by atoms with Crippen LogP contribution >= 0.6 is 0 Å². The average Bonchev–Trinajstić information content (AvgIpc) is 2.73. The molecule has 0 saturated heterocycles. The molecule has 0 saturated carbocycles. The maximum absolute atomic E-state index is 10.1. The minimum Gasteiger partial charge on any atom is -0.497 e. The summed E-state index contributed by atoms with van der Waals surface area (Å²) in [6, 6.07) is 7.76. The molecule has 1 rings (SSSR count). The van der Waals surface area contributed by atoms with Gasteiger partial charge < -0.3 is 23.7 Å². The van der Waals surface area contributed by atoms with Crippen molar-refractivity contribution >= 4 is 8.32 Å². The lowest BCUT2D eigenvalue weighted by Crippen LogP contribution is -2.52. The molecule has 31 heavy (non-hydrogen) atoms. The van der Waals surface area contributed by atoms with Crippen LogP contribution in [-0.4, -0.2) is 46.6 Å². The van der Waals surface area contributed by atoms with E-state index in [9.17, 15) is 5.11 Å². The molecular formula is C25H44O5Si. The Balaban J connectivity index is 2.68. The van der Waals surface area contributed by atoms with Crippen LogP contribution in [0.2, 0.25) is 16.6 Å². The smallest absolute Gasteiger partial charge is 0.200 e. The first-order valence-corrected chi connectivity index (χ1v) is 13.5. The first kappa shape index (κ1) is 27.9. The molecular weight excluding hydrogens is 408 g/mol. The molecule has 0 bridgehead atoms. The molecule has 0 aromatic heterocycles. The van der Waals surface area contributed by atoms with Gasteiger partial charge in [-0.25, -0.2) is 0 Å². The summed E-state index contributed by atoms with van der Waals surface area (Å²) < 4.78 is 23.5. The van der Waals surface area contributed by atoms with Crippen LogP contribution in [0.3, 0.4) is 0 Å². The largest absolute Gasteiger partial charge is 0.497 e. The second-order valence-electron chi connectivity index (χ2n) is 9.13. The van der Waals surface area contributed by atoms with Crippen molar-refractivity contribution in [3.63, 3.8) is 0 Å². The molecule has 0 spiro atoms. The van der Waals surface area contributed by atoms with Gasteiger partial charge in [-0.1, -0.05) is 59.8 Å². The SMILES string of the molecule is C=CC[C@@H](O[Si](C(C)C)(C(C)C)C(C)C)[C@H](CO)COCOCc1ccc(OC)cc1. The molecule has 0 fully saturated rings. The molecule has 0 aliphatic heterocycles. The van der Waals surface area contributed by atoms with E-state index in [1.165, 1.54) is 0 Å². The highest BCUT2D eigenvalue weighted by atomic mass is 28.4. The average molecular weight is 453 g/mol. The van der Waals surface area contributed by atoms with Crippen LogP contribution in [0.1, 0.15) is 53.5 Å². The Morgan fingerprint density at radius 3 is 2.00 bits per heavy atom. The lowest BCUT2D eigenvalue weighted by molar-refractivity contribution is -0.0886. The summed E-state index contributed by atoms with van der Waals surface area (Å²) in [7, 11) is -0.420. The van der Waals surface area contributed by atoms with E-state index < -0.39 is 8.32 Å². The zero-order valence-corrected chi connectivity index (χ0v) is 21.6.